The van der Waals surface area contributed by atoms with Gasteiger partial charge in [0.05, 0.1) is 12.1 Å². The van der Waals surface area contributed by atoms with Crippen LogP contribution in [0.3, 0.4) is 0 Å². The number of hydrogen-bond acceptors (Lipinski definition) is 4. The number of halogens is 2. The number of rotatable bonds is 5. The molecule has 0 radical (unpaired) electrons. The Balaban J connectivity index is 1.94. The molecule has 0 saturated heterocycles. The fourth-order valence-corrected chi connectivity index (χ4v) is 4.42. The van der Waals surface area contributed by atoms with E-state index in [2.05, 4.69) is 0 Å². The maximum Gasteiger partial charge on any atom is 0.326 e. The second kappa shape index (κ2) is 7.23. The number of carbonyl (C=O) groups excluding carboxylic acids is 1. The van der Waals surface area contributed by atoms with E-state index < -0.39 is 5.54 Å². The molecular weight excluding hydrogens is 329 g/mol. The number of benzene rings is 1. The van der Waals surface area contributed by atoms with Crippen molar-refractivity contribution >= 4 is 40.9 Å². The lowest BCUT2D eigenvalue weighted by atomic mass is 9.86. The maximum atomic E-state index is 11.9. The largest absolute Gasteiger partial charge is 0.468 e. The van der Waals surface area contributed by atoms with Crippen molar-refractivity contribution in [1.29, 1.82) is 0 Å². The second-order valence-corrected chi connectivity index (χ2v) is 7.31. The minimum Gasteiger partial charge on any atom is -0.468 e. The molecular formula is C15H19Cl2NO2S. The third kappa shape index (κ3) is 3.86. The summed E-state index contributed by atoms with van der Waals surface area (Å²) in [7, 11) is 1.40. The van der Waals surface area contributed by atoms with Crippen LogP contribution in [-0.4, -0.2) is 24.4 Å². The van der Waals surface area contributed by atoms with E-state index in [0.29, 0.717) is 16.5 Å². The molecule has 0 aromatic heterocycles. The summed E-state index contributed by atoms with van der Waals surface area (Å²) < 4.78 is 4.86. The summed E-state index contributed by atoms with van der Waals surface area (Å²) in [5.41, 5.74) is 5.43. The summed E-state index contributed by atoms with van der Waals surface area (Å²) in [6, 6.07) is 5.43. The molecule has 2 atom stereocenters. The van der Waals surface area contributed by atoms with Crippen LogP contribution in [0.15, 0.2) is 23.1 Å². The number of methoxy groups -OCH3 is 1. The lowest BCUT2D eigenvalue weighted by Gasteiger charge is -2.28. The zero-order valence-corrected chi connectivity index (χ0v) is 14.2. The minimum absolute atomic E-state index is 0.162. The number of carbonyl (C=O) groups is 1. The fraction of sp³-hybridized carbons (Fsp3) is 0.533. The predicted octanol–water partition coefficient (Wildman–Crippen LogP) is 4.15. The van der Waals surface area contributed by atoms with Gasteiger partial charge in [-0.3, -0.25) is 4.79 Å². The highest BCUT2D eigenvalue weighted by molar-refractivity contribution is 7.99. The Bertz CT molecular complexity index is 526. The average Bonchev–Trinajstić information content (AvgIpc) is 2.84. The summed E-state index contributed by atoms with van der Waals surface area (Å²) in [6.07, 6.45) is 3.50. The summed E-state index contributed by atoms with van der Waals surface area (Å²) in [4.78, 5) is 12.8. The molecule has 0 amide bonds. The van der Waals surface area contributed by atoms with Crippen LogP contribution in [0.25, 0.3) is 0 Å². The fourth-order valence-electron chi connectivity index (χ4n) is 2.86. The van der Waals surface area contributed by atoms with Crippen molar-refractivity contribution in [2.75, 3.05) is 12.9 Å². The van der Waals surface area contributed by atoms with Crippen LogP contribution in [0.1, 0.15) is 25.7 Å². The monoisotopic (exact) mass is 347 g/mol. The first-order valence-corrected chi connectivity index (χ1v) is 8.66. The Morgan fingerprint density at radius 3 is 3.00 bits per heavy atom. The van der Waals surface area contributed by atoms with Gasteiger partial charge in [0, 0.05) is 9.92 Å². The smallest absolute Gasteiger partial charge is 0.326 e. The van der Waals surface area contributed by atoms with E-state index in [0.717, 1.165) is 29.9 Å². The highest BCUT2D eigenvalue weighted by Gasteiger charge is 2.46. The third-order valence-corrected chi connectivity index (χ3v) is 5.82. The number of thioether (sulfide) groups is 1. The first-order chi connectivity index (χ1) is 9.97. The van der Waals surface area contributed by atoms with Gasteiger partial charge in [-0.25, -0.2) is 0 Å². The van der Waals surface area contributed by atoms with Gasteiger partial charge in [-0.15, -0.1) is 11.8 Å². The molecule has 1 saturated carbocycles. The molecule has 1 aliphatic rings. The van der Waals surface area contributed by atoms with Gasteiger partial charge >= 0.3 is 5.97 Å². The number of hydrogen-bond donors (Lipinski definition) is 1. The number of ether oxygens (including phenoxy) is 1. The third-order valence-electron chi connectivity index (χ3n) is 4.05. The standard InChI is InChI=1S/C15H19Cl2NO2S/c1-20-14(19)15(18)7-2-3-10(15)6-8-21-13-9-11(16)4-5-12(13)17/h4-5,9-10H,2-3,6-8,18H2,1H3. The van der Waals surface area contributed by atoms with Crippen molar-refractivity contribution in [2.45, 2.75) is 36.1 Å². The highest BCUT2D eigenvalue weighted by Crippen LogP contribution is 2.39. The first kappa shape index (κ1) is 16.9. The van der Waals surface area contributed by atoms with Crippen LogP contribution < -0.4 is 5.73 Å². The van der Waals surface area contributed by atoms with Crippen molar-refractivity contribution in [3.63, 3.8) is 0 Å². The van der Waals surface area contributed by atoms with Crippen molar-refractivity contribution < 1.29 is 9.53 Å². The van der Waals surface area contributed by atoms with Gasteiger partial charge in [-0.2, -0.15) is 0 Å². The van der Waals surface area contributed by atoms with Crippen LogP contribution >= 0.6 is 35.0 Å². The van der Waals surface area contributed by atoms with E-state index >= 15 is 0 Å². The van der Waals surface area contributed by atoms with Crippen LogP contribution in [0.5, 0.6) is 0 Å². The van der Waals surface area contributed by atoms with Crippen molar-refractivity contribution in [3.8, 4) is 0 Å². The molecule has 6 heteroatoms. The molecule has 21 heavy (non-hydrogen) atoms. The average molecular weight is 348 g/mol. The molecule has 0 aliphatic heterocycles. The molecule has 1 aromatic rings. The van der Waals surface area contributed by atoms with Gasteiger partial charge < -0.3 is 10.5 Å². The van der Waals surface area contributed by atoms with Gasteiger partial charge in [0.1, 0.15) is 5.54 Å². The highest BCUT2D eigenvalue weighted by atomic mass is 35.5. The van der Waals surface area contributed by atoms with E-state index in [1.54, 1.807) is 23.9 Å². The Labute approximate surface area is 139 Å². The van der Waals surface area contributed by atoms with Crippen LogP contribution in [-0.2, 0) is 9.53 Å². The topological polar surface area (TPSA) is 52.3 Å². The molecule has 3 nitrogen and oxygen atoms in total. The predicted molar refractivity (Wildman–Crippen MR) is 88.1 cm³/mol. The van der Waals surface area contributed by atoms with Gasteiger partial charge in [0.15, 0.2) is 0 Å². The van der Waals surface area contributed by atoms with Crippen LogP contribution in [0, 0.1) is 5.92 Å². The molecule has 0 heterocycles. The van der Waals surface area contributed by atoms with E-state index in [4.69, 9.17) is 33.7 Å². The Kier molecular flexibility index (Phi) is 5.83. The van der Waals surface area contributed by atoms with E-state index in [9.17, 15) is 4.79 Å². The normalized spacial score (nSPS) is 25.0. The van der Waals surface area contributed by atoms with Gasteiger partial charge in [-0.1, -0.05) is 29.6 Å². The van der Waals surface area contributed by atoms with Gasteiger partial charge in [0.2, 0.25) is 0 Å². The molecule has 2 rings (SSSR count). The molecule has 2 N–H and O–H groups in total. The SMILES string of the molecule is COC(=O)C1(N)CCCC1CCSc1cc(Cl)ccc1Cl. The van der Waals surface area contributed by atoms with Crippen LogP contribution in [0.4, 0.5) is 0 Å². The quantitative estimate of drug-likeness (QED) is 0.642. The second-order valence-electron chi connectivity index (χ2n) is 5.33. The lowest BCUT2D eigenvalue weighted by Crippen LogP contribution is -2.51. The summed E-state index contributed by atoms with van der Waals surface area (Å²) >= 11 is 13.8. The van der Waals surface area contributed by atoms with Crippen molar-refractivity contribution in [2.24, 2.45) is 11.7 Å². The number of nitrogens with two attached hydrogens (primary N) is 1. The molecule has 1 aliphatic carbocycles. The Morgan fingerprint density at radius 1 is 1.52 bits per heavy atom. The van der Waals surface area contributed by atoms with E-state index in [1.807, 2.05) is 6.07 Å². The lowest BCUT2D eigenvalue weighted by molar-refractivity contribution is -0.148. The zero-order valence-electron chi connectivity index (χ0n) is 11.9. The number of esters is 1. The molecule has 1 fully saturated rings. The molecule has 116 valence electrons. The van der Waals surface area contributed by atoms with Crippen molar-refractivity contribution in [3.05, 3.63) is 28.2 Å². The van der Waals surface area contributed by atoms with Gasteiger partial charge in [0.25, 0.3) is 0 Å². The van der Waals surface area contributed by atoms with Crippen molar-refractivity contribution in [1.82, 2.24) is 0 Å². The van der Waals surface area contributed by atoms with E-state index in [-0.39, 0.29) is 11.9 Å². The zero-order chi connectivity index (χ0) is 15.5. The summed E-state index contributed by atoms with van der Waals surface area (Å²) in [6.45, 7) is 0. The first-order valence-electron chi connectivity index (χ1n) is 6.92. The summed E-state index contributed by atoms with van der Waals surface area (Å²) in [5, 5.41) is 1.37. The molecule has 1 aromatic carbocycles. The summed E-state index contributed by atoms with van der Waals surface area (Å²) in [5.74, 6) is 0.715. The molecule has 0 spiro atoms. The minimum atomic E-state index is -0.826. The maximum absolute atomic E-state index is 11.9. The molecule has 0 bridgehead atoms. The van der Waals surface area contributed by atoms with E-state index in [1.165, 1.54) is 7.11 Å². The molecule has 2 unspecified atom stereocenters. The Hall–Kier alpha value is -0.420. The Morgan fingerprint density at radius 2 is 2.29 bits per heavy atom. The van der Waals surface area contributed by atoms with Crippen LogP contribution in [0.2, 0.25) is 10.0 Å². The van der Waals surface area contributed by atoms with Gasteiger partial charge in [-0.05, 0) is 49.1 Å².